The zero-order valence-electron chi connectivity index (χ0n) is 23.9. The molecule has 1 unspecified atom stereocenters. The Morgan fingerprint density at radius 2 is 2.00 bits per heavy atom. The predicted molar refractivity (Wildman–Crippen MR) is 158 cm³/mol. The lowest BCUT2D eigenvalue weighted by Crippen LogP contribution is -2.56. The molecule has 4 heterocycles. The lowest BCUT2D eigenvalue weighted by molar-refractivity contribution is -0.134. The molecule has 2 fully saturated rings. The summed E-state index contributed by atoms with van der Waals surface area (Å²) in [6, 6.07) is 13.5. The van der Waals surface area contributed by atoms with Gasteiger partial charge in [-0.1, -0.05) is 41.9 Å². The van der Waals surface area contributed by atoms with Crippen molar-refractivity contribution in [3.63, 3.8) is 0 Å². The number of likely N-dealkylation sites (tertiary alicyclic amines) is 1. The largest absolute Gasteiger partial charge is 0.462 e. The summed E-state index contributed by atoms with van der Waals surface area (Å²) in [7, 11) is 1.87. The van der Waals surface area contributed by atoms with Crippen molar-refractivity contribution in [2.45, 2.75) is 50.2 Å². The minimum atomic E-state index is -1.11. The second kappa shape index (κ2) is 12.6. The minimum Gasteiger partial charge on any atom is -0.462 e. The average Bonchev–Trinajstić information content (AvgIpc) is 3.35. The fraction of sp³-hybridized carbons (Fsp3) is 0.484. The van der Waals surface area contributed by atoms with Crippen LogP contribution in [0.5, 0.6) is 6.01 Å². The van der Waals surface area contributed by atoms with Crippen molar-refractivity contribution in [3.8, 4) is 12.1 Å². The average molecular weight is 611 g/mol. The Morgan fingerprint density at radius 1 is 1.19 bits per heavy atom. The highest BCUT2D eigenvalue weighted by atomic mass is 35.5. The fourth-order valence-electron chi connectivity index (χ4n) is 6.46. The van der Waals surface area contributed by atoms with Crippen molar-refractivity contribution >= 4 is 34.1 Å². The molecule has 0 bridgehead atoms. The van der Waals surface area contributed by atoms with Gasteiger partial charge >= 0.3 is 6.01 Å². The van der Waals surface area contributed by atoms with E-state index in [1.54, 1.807) is 0 Å². The number of likely N-dealkylation sites (N-methyl/N-ethyl adjacent to an activating group) is 1. The SMILES string of the molecule is CN1C[C@@H](F)C[C@H]1COc1nc2c(c(N3CCN(C(=O)CF)[C@@H](CC#N)C3)n1)COC(c1cccc3cccc(Cl)c13)C2. The molecule has 2 aromatic carbocycles. The molecule has 6 rings (SSSR count). The maximum atomic E-state index is 14.0. The molecule has 9 nitrogen and oxygen atoms in total. The number of nitriles is 1. The van der Waals surface area contributed by atoms with Gasteiger partial charge in [0.15, 0.2) is 6.67 Å². The van der Waals surface area contributed by atoms with E-state index >= 15 is 0 Å². The third-order valence-corrected chi connectivity index (χ3v) is 8.99. The van der Waals surface area contributed by atoms with Crippen molar-refractivity contribution in [1.29, 1.82) is 5.26 Å². The number of amides is 1. The summed E-state index contributed by atoms with van der Waals surface area (Å²) in [5.41, 5.74) is 2.53. The molecule has 2 saturated heterocycles. The fourth-order valence-corrected chi connectivity index (χ4v) is 6.75. The standard InChI is InChI=1S/C31H33ClF2N6O3/c1-38-15-20(34)12-22(38)17-43-31-36-26-13-27(23-6-2-4-19-5-3-7-25(32)29(19)23)42-18-24(26)30(37-31)39-10-11-40(28(41)14-33)21(16-39)8-9-35/h2-7,20-22,27H,8,10-18H2,1H3/t20-,21-,22-,27?/m0/s1. The summed E-state index contributed by atoms with van der Waals surface area (Å²) in [6.07, 6.45) is -0.317. The number of alkyl halides is 2. The van der Waals surface area contributed by atoms with Crippen LogP contribution in [0.15, 0.2) is 36.4 Å². The van der Waals surface area contributed by atoms with Crippen molar-refractivity contribution < 1.29 is 23.0 Å². The Hall–Kier alpha value is -3.59. The van der Waals surface area contributed by atoms with Crippen LogP contribution in [0.1, 0.15) is 35.8 Å². The van der Waals surface area contributed by atoms with Gasteiger partial charge in [-0.15, -0.1) is 0 Å². The summed E-state index contributed by atoms with van der Waals surface area (Å²) < 4.78 is 39.8. The van der Waals surface area contributed by atoms with E-state index in [0.29, 0.717) is 43.3 Å². The number of ether oxygens (including phenoxy) is 2. The summed E-state index contributed by atoms with van der Waals surface area (Å²) in [5.74, 6) is -0.0201. The number of hydrogen-bond acceptors (Lipinski definition) is 8. The lowest BCUT2D eigenvalue weighted by Gasteiger charge is -2.42. The second-order valence-corrected chi connectivity index (χ2v) is 11.8. The maximum absolute atomic E-state index is 14.0. The molecule has 1 amide bonds. The van der Waals surface area contributed by atoms with Crippen LogP contribution in [0.4, 0.5) is 14.6 Å². The minimum absolute atomic E-state index is 0.0672. The van der Waals surface area contributed by atoms with Gasteiger partial charge in [0, 0.05) is 54.6 Å². The van der Waals surface area contributed by atoms with E-state index < -0.39 is 24.8 Å². The first-order valence-corrected chi connectivity index (χ1v) is 14.9. The van der Waals surface area contributed by atoms with Crippen LogP contribution < -0.4 is 9.64 Å². The van der Waals surface area contributed by atoms with E-state index in [2.05, 4.69) is 6.07 Å². The third kappa shape index (κ3) is 5.96. The van der Waals surface area contributed by atoms with E-state index in [9.17, 15) is 18.8 Å². The Kier molecular flexibility index (Phi) is 8.61. The van der Waals surface area contributed by atoms with Crippen molar-refractivity contribution in [3.05, 3.63) is 58.2 Å². The van der Waals surface area contributed by atoms with E-state index in [4.69, 9.17) is 31.0 Å². The third-order valence-electron chi connectivity index (χ3n) is 8.68. The highest BCUT2D eigenvalue weighted by Gasteiger charge is 2.35. The first kappa shape index (κ1) is 29.5. The number of carbonyl (C=O) groups excluding carboxylic acids is 1. The number of aromatic nitrogens is 2. The van der Waals surface area contributed by atoms with Gasteiger partial charge in [-0.3, -0.25) is 9.69 Å². The van der Waals surface area contributed by atoms with Crippen LogP contribution in [-0.4, -0.2) is 90.4 Å². The van der Waals surface area contributed by atoms with Gasteiger partial charge in [0.1, 0.15) is 18.6 Å². The smallest absolute Gasteiger partial charge is 0.318 e. The quantitative estimate of drug-likeness (QED) is 0.388. The Labute approximate surface area is 253 Å². The van der Waals surface area contributed by atoms with Crippen LogP contribution in [0.2, 0.25) is 5.02 Å². The zero-order valence-corrected chi connectivity index (χ0v) is 24.6. The highest BCUT2D eigenvalue weighted by Crippen LogP contribution is 2.39. The molecule has 3 aliphatic rings. The monoisotopic (exact) mass is 610 g/mol. The zero-order chi connectivity index (χ0) is 30.1. The highest BCUT2D eigenvalue weighted by molar-refractivity contribution is 6.35. The van der Waals surface area contributed by atoms with Gasteiger partial charge in [-0.25, -0.2) is 8.78 Å². The molecule has 226 valence electrons. The summed E-state index contributed by atoms with van der Waals surface area (Å²) in [5, 5.41) is 12.0. The maximum Gasteiger partial charge on any atom is 0.318 e. The summed E-state index contributed by atoms with van der Waals surface area (Å²) >= 11 is 6.63. The second-order valence-electron chi connectivity index (χ2n) is 11.4. The molecule has 0 N–H and O–H groups in total. The number of piperazine rings is 1. The first-order valence-electron chi connectivity index (χ1n) is 14.5. The summed E-state index contributed by atoms with van der Waals surface area (Å²) in [4.78, 5) is 27.2. The van der Waals surface area contributed by atoms with Crippen LogP contribution in [-0.2, 0) is 22.6 Å². The van der Waals surface area contributed by atoms with Gasteiger partial charge in [-0.05, 0) is 30.5 Å². The van der Waals surface area contributed by atoms with Crippen LogP contribution in [0.25, 0.3) is 10.8 Å². The first-order chi connectivity index (χ1) is 20.9. The van der Waals surface area contributed by atoms with Crippen molar-refractivity contribution in [2.75, 3.05) is 51.4 Å². The van der Waals surface area contributed by atoms with Crippen LogP contribution in [0.3, 0.4) is 0 Å². The van der Waals surface area contributed by atoms with Gasteiger partial charge in [0.05, 0.1) is 36.9 Å². The number of nitrogens with zero attached hydrogens (tertiary/aromatic N) is 6. The van der Waals surface area contributed by atoms with E-state index in [-0.39, 0.29) is 44.3 Å². The normalized spacial score (nSPS) is 24.2. The summed E-state index contributed by atoms with van der Waals surface area (Å²) in [6.45, 7) is 0.687. The number of halogens is 3. The Balaban J connectivity index is 1.33. The van der Waals surface area contributed by atoms with E-state index in [0.717, 1.165) is 27.6 Å². The van der Waals surface area contributed by atoms with E-state index in [1.165, 1.54) is 4.90 Å². The molecule has 0 aliphatic carbocycles. The van der Waals surface area contributed by atoms with Crippen LogP contribution in [0, 0.1) is 11.3 Å². The van der Waals surface area contributed by atoms with Gasteiger partial charge in [0.2, 0.25) is 0 Å². The van der Waals surface area contributed by atoms with Crippen LogP contribution >= 0.6 is 11.6 Å². The molecular weight excluding hydrogens is 578 g/mol. The molecule has 0 spiro atoms. The number of hydrogen-bond donors (Lipinski definition) is 0. The molecule has 43 heavy (non-hydrogen) atoms. The van der Waals surface area contributed by atoms with Crippen molar-refractivity contribution in [1.82, 2.24) is 19.8 Å². The molecule has 0 radical (unpaired) electrons. The number of fused-ring (bicyclic) bond motifs is 2. The van der Waals surface area contributed by atoms with Gasteiger partial charge in [0.25, 0.3) is 5.91 Å². The van der Waals surface area contributed by atoms with Gasteiger partial charge < -0.3 is 19.3 Å². The molecule has 3 aliphatic heterocycles. The molecule has 4 atom stereocenters. The number of benzene rings is 2. The molecule has 1 aromatic heterocycles. The molecule has 0 saturated carbocycles. The predicted octanol–water partition coefficient (Wildman–Crippen LogP) is 4.42. The van der Waals surface area contributed by atoms with Gasteiger partial charge in [-0.2, -0.15) is 15.2 Å². The van der Waals surface area contributed by atoms with E-state index in [1.807, 2.05) is 53.2 Å². The Morgan fingerprint density at radius 3 is 2.74 bits per heavy atom. The van der Waals surface area contributed by atoms with Crippen molar-refractivity contribution in [2.24, 2.45) is 0 Å². The number of carbonyl (C=O) groups is 1. The lowest BCUT2D eigenvalue weighted by atomic mass is 9.94. The topological polar surface area (TPSA) is 94.8 Å². The molecule has 12 heteroatoms. The Bertz CT molecular complexity index is 1550. The molecule has 3 aromatic rings. The molecular formula is C31H33ClF2N6O3. The number of rotatable bonds is 7. The number of anilines is 1.